The average molecular weight is 531 g/mol. The molecule has 0 bridgehead atoms. The van der Waals surface area contributed by atoms with Crippen LogP contribution in [0.3, 0.4) is 0 Å². The number of nitrogens with zero attached hydrogens (tertiary/aromatic N) is 4. The minimum absolute atomic E-state index is 0. The van der Waals surface area contributed by atoms with Crippen LogP contribution < -0.4 is 10.6 Å². The van der Waals surface area contributed by atoms with Gasteiger partial charge in [0, 0.05) is 57.6 Å². The summed E-state index contributed by atoms with van der Waals surface area (Å²) in [6.45, 7) is 8.93. The maximum atomic E-state index is 4.69. The fraction of sp³-hybridized carbons (Fsp3) is 0.826. The Bertz CT molecular complexity index is 657. The number of piperidine rings is 1. The van der Waals surface area contributed by atoms with Gasteiger partial charge in [-0.3, -0.25) is 9.67 Å². The van der Waals surface area contributed by atoms with E-state index < -0.39 is 0 Å². The van der Waals surface area contributed by atoms with Gasteiger partial charge in [0.05, 0.1) is 5.69 Å². The molecule has 6 nitrogen and oxygen atoms in total. The lowest BCUT2D eigenvalue weighted by atomic mass is 9.88. The van der Waals surface area contributed by atoms with Gasteiger partial charge in [-0.25, -0.2) is 0 Å². The minimum atomic E-state index is 0. The van der Waals surface area contributed by atoms with E-state index in [-0.39, 0.29) is 24.0 Å². The van der Waals surface area contributed by atoms with Gasteiger partial charge in [0.1, 0.15) is 0 Å². The number of guanidine groups is 1. The van der Waals surface area contributed by atoms with Crippen molar-refractivity contribution >= 4 is 29.9 Å². The van der Waals surface area contributed by atoms with Crippen molar-refractivity contribution in [3.63, 3.8) is 0 Å². The number of aliphatic imine (C=N–C) groups is 1. The monoisotopic (exact) mass is 530 g/mol. The Kier molecular flexibility index (Phi) is 10.9. The van der Waals surface area contributed by atoms with Crippen LogP contribution in [0.1, 0.15) is 75.7 Å². The summed E-state index contributed by atoms with van der Waals surface area (Å²) in [5.41, 5.74) is 3.85. The molecule has 2 aliphatic rings. The molecule has 0 atom stereocenters. The zero-order chi connectivity index (χ0) is 20.6. The third-order valence-corrected chi connectivity index (χ3v) is 6.85. The Morgan fingerprint density at radius 2 is 1.77 bits per heavy atom. The highest BCUT2D eigenvalue weighted by Crippen LogP contribution is 2.25. The molecule has 1 saturated heterocycles. The number of hydrogen-bond acceptors (Lipinski definition) is 3. The number of hydrogen-bond donors (Lipinski definition) is 2. The van der Waals surface area contributed by atoms with Gasteiger partial charge in [0.15, 0.2) is 5.96 Å². The highest BCUT2D eigenvalue weighted by atomic mass is 127. The van der Waals surface area contributed by atoms with Gasteiger partial charge in [0.2, 0.25) is 0 Å². The van der Waals surface area contributed by atoms with E-state index in [1.165, 1.54) is 81.5 Å². The highest BCUT2D eigenvalue weighted by Gasteiger charge is 2.23. The third kappa shape index (κ3) is 6.84. The molecule has 7 heteroatoms. The van der Waals surface area contributed by atoms with E-state index in [4.69, 9.17) is 0 Å². The first kappa shape index (κ1) is 25.4. The predicted molar refractivity (Wildman–Crippen MR) is 137 cm³/mol. The number of likely N-dealkylation sites (tertiary alicyclic amines) is 1. The molecule has 2 heterocycles. The van der Waals surface area contributed by atoms with Crippen LogP contribution in [0.25, 0.3) is 0 Å². The summed E-state index contributed by atoms with van der Waals surface area (Å²) in [5.74, 6) is 1.87. The Labute approximate surface area is 200 Å². The molecule has 1 aliphatic heterocycles. The molecule has 1 aliphatic carbocycles. The molecule has 0 unspecified atom stereocenters. The molecule has 0 spiro atoms. The van der Waals surface area contributed by atoms with Crippen molar-refractivity contribution in [1.29, 1.82) is 0 Å². The molecule has 2 fully saturated rings. The van der Waals surface area contributed by atoms with Gasteiger partial charge in [-0.15, -0.1) is 24.0 Å². The summed E-state index contributed by atoms with van der Waals surface area (Å²) in [5, 5.41) is 11.9. The SMILES string of the molecule is CCc1nn(C)c(CC)c1CNC(=NC)NC1CCN(CC2CCCCC2)CC1.I. The van der Waals surface area contributed by atoms with Crippen LogP contribution in [0.4, 0.5) is 0 Å². The van der Waals surface area contributed by atoms with Gasteiger partial charge in [-0.05, 0) is 44.4 Å². The molecule has 30 heavy (non-hydrogen) atoms. The maximum Gasteiger partial charge on any atom is 0.191 e. The Morgan fingerprint density at radius 1 is 1.07 bits per heavy atom. The molecule has 172 valence electrons. The molecule has 0 amide bonds. The summed E-state index contributed by atoms with van der Waals surface area (Å²) >= 11 is 0. The van der Waals surface area contributed by atoms with Crippen molar-refractivity contribution in [2.24, 2.45) is 18.0 Å². The largest absolute Gasteiger partial charge is 0.354 e. The van der Waals surface area contributed by atoms with Crippen LogP contribution in [0.15, 0.2) is 4.99 Å². The van der Waals surface area contributed by atoms with E-state index in [1.54, 1.807) is 0 Å². The fourth-order valence-corrected chi connectivity index (χ4v) is 5.15. The van der Waals surface area contributed by atoms with E-state index in [2.05, 4.69) is 46.5 Å². The second-order valence-electron chi connectivity index (χ2n) is 8.85. The second-order valence-corrected chi connectivity index (χ2v) is 8.85. The van der Waals surface area contributed by atoms with Gasteiger partial charge >= 0.3 is 0 Å². The average Bonchev–Trinajstić information content (AvgIpc) is 3.07. The zero-order valence-electron chi connectivity index (χ0n) is 19.5. The quantitative estimate of drug-likeness (QED) is 0.319. The fourth-order valence-electron chi connectivity index (χ4n) is 5.15. The number of halogens is 1. The summed E-state index contributed by atoms with van der Waals surface area (Å²) < 4.78 is 2.04. The Morgan fingerprint density at radius 3 is 2.37 bits per heavy atom. The summed E-state index contributed by atoms with van der Waals surface area (Å²) in [4.78, 5) is 7.18. The van der Waals surface area contributed by atoms with Gasteiger partial charge in [-0.1, -0.05) is 33.1 Å². The normalized spacial score (nSPS) is 19.5. The van der Waals surface area contributed by atoms with Crippen molar-refractivity contribution in [3.8, 4) is 0 Å². The molecule has 1 saturated carbocycles. The summed E-state index contributed by atoms with van der Waals surface area (Å²) in [7, 11) is 3.92. The first-order chi connectivity index (χ1) is 14.1. The van der Waals surface area contributed by atoms with Crippen LogP contribution in [0.5, 0.6) is 0 Å². The second kappa shape index (κ2) is 12.9. The molecule has 0 aromatic carbocycles. The van der Waals surface area contributed by atoms with Crippen LogP contribution in [-0.2, 0) is 26.4 Å². The number of nitrogens with one attached hydrogen (secondary N) is 2. The van der Waals surface area contributed by atoms with E-state index >= 15 is 0 Å². The minimum Gasteiger partial charge on any atom is -0.354 e. The number of rotatable bonds is 7. The van der Waals surface area contributed by atoms with E-state index in [9.17, 15) is 0 Å². The van der Waals surface area contributed by atoms with Crippen molar-refractivity contribution < 1.29 is 0 Å². The molecule has 1 aromatic rings. The Balaban J connectivity index is 0.00000320. The molecular weight excluding hydrogens is 487 g/mol. The summed E-state index contributed by atoms with van der Waals surface area (Å²) in [6, 6.07) is 0.522. The molecule has 2 N–H and O–H groups in total. The molecular formula is C23H43IN6. The lowest BCUT2D eigenvalue weighted by Crippen LogP contribution is -2.49. The third-order valence-electron chi connectivity index (χ3n) is 6.85. The van der Waals surface area contributed by atoms with Gasteiger partial charge in [-0.2, -0.15) is 5.10 Å². The van der Waals surface area contributed by atoms with Gasteiger partial charge in [0.25, 0.3) is 0 Å². The highest BCUT2D eigenvalue weighted by molar-refractivity contribution is 14.0. The first-order valence-electron chi connectivity index (χ1n) is 11.9. The predicted octanol–water partition coefficient (Wildman–Crippen LogP) is 3.87. The van der Waals surface area contributed by atoms with Crippen LogP contribution in [0, 0.1) is 5.92 Å². The van der Waals surface area contributed by atoms with Gasteiger partial charge < -0.3 is 15.5 Å². The smallest absolute Gasteiger partial charge is 0.191 e. The molecule has 3 rings (SSSR count). The lowest BCUT2D eigenvalue weighted by molar-refractivity contribution is 0.160. The number of aromatic nitrogens is 2. The topological polar surface area (TPSA) is 57.5 Å². The Hall–Kier alpha value is -0.830. The van der Waals surface area contributed by atoms with Crippen molar-refractivity contribution in [2.75, 3.05) is 26.7 Å². The molecule has 1 aromatic heterocycles. The maximum absolute atomic E-state index is 4.69. The van der Waals surface area contributed by atoms with E-state index in [1.807, 2.05) is 11.7 Å². The van der Waals surface area contributed by atoms with E-state index in [0.29, 0.717) is 6.04 Å². The van der Waals surface area contributed by atoms with E-state index in [0.717, 1.165) is 31.3 Å². The van der Waals surface area contributed by atoms with Crippen molar-refractivity contribution in [2.45, 2.75) is 84.2 Å². The standard InChI is InChI=1S/C23H42N6.HI/c1-5-21-20(22(6-2)28(4)27-21)16-25-23(24-3)26-19-12-14-29(15-13-19)17-18-10-8-7-9-11-18;/h18-19H,5-17H2,1-4H3,(H2,24,25,26);1H. The molecule has 0 radical (unpaired) electrons. The van der Waals surface area contributed by atoms with Crippen molar-refractivity contribution in [1.82, 2.24) is 25.3 Å². The number of aryl methyl sites for hydroxylation is 2. The van der Waals surface area contributed by atoms with Crippen LogP contribution in [0.2, 0.25) is 0 Å². The summed E-state index contributed by atoms with van der Waals surface area (Å²) in [6.07, 6.45) is 11.6. The zero-order valence-corrected chi connectivity index (χ0v) is 21.9. The van der Waals surface area contributed by atoms with Crippen LogP contribution >= 0.6 is 24.0 Å². The van der Waals surface area contributed by atoms with Crippen molar-refractivity contribution in [3.05, 3.63) is 17.0 Å². The first-order valence-corrected chi connectivity index (χ1v) is 11.9. The van der Waals surface area contributed by atoms with Crippen LogP contribution in [-0.4, -0.2) is 53.4 Å². The lowest BCUT2D eigenvalue weighted by Gasteiger charge is -2.36.